The summed E-state index contributed by atoms with van der Waals surface area (Å²) in [4.78, 5) is 14.6. The molecule has 0 aromatic heterocycles. The van der Waals surface area contributed by atoms with Crippen LogP contribution in [0.15, 0.2) is 12.7 Å². The van der Waals surface area contributed by atoms with Crippen molar-refractivity contribution in [3.8, 4) is 0 Å². The first-order valence-corrected chi connectivity index (χ1v) is 11.5. The predicted octanol–water partition coefficient (Wildman–Crippen LogP) is 4.46. The minimum atomic E-state index is -1.83. The summed E-state index contributed by atoms with van der Waals surface area (Å²) >= 11 is 0. The summed E-state index contributed by atoms with van der Waals surface area (Å²) in [6.07, 6.45) is 4.21. The molecule has 1 saturated heterocycles. The van der Waals surface area contributed by atoms with Crippen LogP contribution in [0.25, 0.3) is 0 Å². The molecule has 22 heavy (non-hydrogen) atoms. The largest absolute Gasteiger partial charge is 0.414 e. The number of nitrogens with zero attached hydrogens (tertiary/aromatic N) is 1. The molecule has 128 valence electrons. The van der Waals surface area contributed by atoms with Crippen molar-refractivity contribution in [2.75, 3.05) is 13.1 Å². The molecule has 0 aliphatic carbocycles. The lowest BCUT2D eigenvalue weighted by atomic mass is 9.88. The number of likely N-dealkylation sites (tertiary alicyclic amines) is 1. The van der Waals surface area contributed by atoms with Crippen LogP contribution in [0.3, 0.4) is 0 Å². The van der Waals surface area contributed by atoms with Gasteiger partial charge in [0.25, 0.3) is 0 Å². The van der Waals surface area contributed by atoms with E-state index in [2.05, 4.69) is 47.4 Å². The Kier molecular flexibility index (Phi) is 6.45. The van der Waals surface area contributed by atoms with E-state index in [9.17, 15) is 4.79 Å². The van der Waals surface area contributed by atoms with E-state index < -0.39 is 8.32 Å². The van der Waals surface area contributed by atoms with Crippen LogP contribution in [0.5, 0.6) is 0 Å². The van der Waals surface area contributed by atoms with Gasteiger partial charge in [0.15, 0.2) is 8.32 Å². The van der Waals surface area contributed by atoms with Gasteiger partial charge in [-0.2, -0.15) is 0 Å². The van der Waals surface area contributed by atoms with E-state index in [4.69, 9.17) is 4.43 Å². The Morgan fingerprint density at radius 1 is 1.23 bits per heavy atom. The topological polar surface area (TPSA) is 29.5 Å². The van der Waals surface area contributed by atoms with Crippen molar-refractivity contribution in [2.45, 2.75) is 71.7 Å². The zero-order valence-electron chi connectivity index (χ0n) is 15.6. The Bertz CT molecular complexity index is 394. The van der Waals surface area contributed by atoms with Crippen molar-refractivity contribution in [1.82, 2.24) is 4.90 Å². The summed E-state index contributed by atoms with van der Waals surface area (Å²) < 4.78 is 6.49. The first-order chi connectivity index (χ1) is 10.0. The average molecular weight is 326 g/mol. The van der Waals surface area contributed by atoms with Crippen LogP contribution in [0.1, 0.15) is 47.5 Å². The van der Waals surface area contributed by atoms with Gasteiger partial charge in [0.05, 0.1) is 0 Å². The lowest BCUT2D eigenvalue weighted by molar-refractivity contribution is -0.136. The highest BCUT2D eigenvalue weighted by Gasteiger charge is 2.41. The molecule has 0 bridgehead atoms. The van der Waals surface area contributed by atoms with Gasteiger partial charge < -0.3 is 9.33 Å². The Hall–Kier alpha value is -0.613. The molecule has 0 N–H and O–H groups in total. The quantitative estimate of drug-likeness (QED) is 0.533. The molecule has 0 aromatic carbocycles. The van der Waals surface area contributed by atoms with E-state index in [0.717, 1.165) is 25.9 Å². The average Bonchev–Trinajstić information content (AvgIpc) is 2.90. The summed E-state index contributed by atoms with van der Waals surface area (Å²) in [5.74, 6) is 0.269. The van der Waals surface area contributed by atoms with Gasteiger partial charge in [-0.05, 0) is 37.9 Å². The third-order valence-corrected chi connectivity index (χ3v) is 10.1. The third kappa shape index (κ3) is 4.45. The maximum absolute atomic E-state index is 12.6. The second-order valence-corrected chi connectivity index (χ2v) is 13.0. The van der Waals surface area contributed by atoms with Gasteiger partial charge in [-0.1, -0.05) is 33.8 Å². The first kappa shape index (κ1) is 19.4. The SMILES string of the molecule is C=C[C@H]([C@H](C)O[Si](C)(C)C(C)(C)C)[C@@H](C)C(=O)N1CCCC1. The fourth-order valence-electron chi connectivity index (χ4n) is 2.91. The molecule has 1 rings (SSSR count). The second kappa shape index (κ2) is 7.31. The highest BCUT2D eigenvalue weighted by molar-refractivity contribution is 6.74. The van der Waals surface area contributed by atoms with E-state index in [-0.39, 0.29) is 28.9 Å². The van der Waals surface area contributed by atoms with Gasteiger partial charge in [-0.25, -0.2) is 0 Å². The van der Waals surface area contributed by atoms with Crippen LogP contribution >= 0.6 is 0 Å². The molecule has 0 radical (unpaired) electrons. The molecule has 0 spiro atoms. The van der Waals surface area contributed by atoms with Gasteiger partial charge in [0.1, 0.15) is 0 Å². The molecule has 4 heteroatoms. The molecule has 3 nitrogen and oxygen atoms in total. The van der Waals surface area contributed by atoms with Crippen LogP contribution in [0, 0.1) is 11.8 Å². The molecule has 0 unspecified atom stereocenters. The molecule has 3 atom stereocenters. The highest BCUT2D eigenvalue weighted by Crippen LogP contribution is 2.38. The summed E-state index contributed by atoms with van der Waals surface area (Å²) in [6.45, 7) is 21.2. The minimum Gasteiger partial charge on any atom is -0.414 e. The van der Waals surface area contributed by atoms with Crippen molar-refractivity contribution in [2.24, 2.45) is 11.8 Å². The Morgan fingerprint density at radius 3 is 2.14 bits per heavy atom. The van der Waals surface area contributed by atoms with Gasteiger partial charge in [-0.15, -0.1) is 6.58 Å². The Morgan fingerprint density at radius 2 is 1.73 bits per heavy atom. The minimum absolute atomic E-state index is 0.0277. The molecular formula is C18H35NO2Si. The van der Waals surface area contributed by atoms with Crippen LogP contribution < -0.4 is 0 Å². The molecular weight excluding hydrogens is 290 g/mol. The standard InChI is InChI=1S/C18H35NO2Si/c1-9-16(14(2)17(20)19-12-10-11-13-19)15(3)21-22(7,8)18(4,5)6/h9,14-16H,1,10-13H2,2-8H3/t14-,15+,16+/m1/s1. The summed E-state index contributed by atoms with van der Waals surface area (Å²) in [5, 5.41) is 0.176. The first-order valence-electron chi connectivity index (χ1n) is 8.60. The summed E-state index contributed by atoms with van der Waals surface area (Å²) in [6, 6.07) is 0. The van der Waals surface area contributed by atoms with Crippen LogP contribution in [0.4, 0.5) is 0 Å². The fraction of sp³-hybridized carbons (Fsp3) is 0.833. The molecule has 0 saturated carbocycles. The number of carbonyl (C=O) groups is 1. The normalized spacial score (nSPS) is 20.6. The second-order valence-electron chi connectivity index (χ2n) is 8.22. The van der Waals surface area contributed by atoms with Gasteiger partial charge >= 0.3 is 0 Å². The number of amides is 1. The van der Waals surface area contributed by atoms with E-state index in [0.29, 0.717) is 0 Å². The lowest BCUT2D eigenvalue weighted by Crippen LogP contribution is -2.47. The van der Waals surface area contributed by atoms with E-state index in [1.54, 1.807) is 0 Å². The van der Waals surface area contributed by atoms with Crippen molar-refractivity contribution in [3.63, 3.8) is 0 Å². The van der Waals surface area contributed by atoms with Gasteiger partial charge in [0, 0.05) is 31.0 Å². The van der Waals surface area contributed by atoms with Crippen molar-refractivity contribution < 1.29 is 9.22 Å². The number of carbonyl (C=O) groups excluding carboxylic acids is 1. The van der Waals surface area contributed by atoms with Crippen LogP contribution in [-0.2, 0) is 9.22 Å². The molecule has 1 fully saturated rings. The number of rotatable bonds is 6. The highest BCUT2D eigenvalue weighted by atomic mass is 28.4. The monoisotopic (exact) mass is 325 g/mol. The molecule has 1 amide bonds. The Balaban J connectivity index is 2.77. The zero-order valence-corrected chi connectivity index (χ0v) is 16.6. The zero-order chi connectivity index (χ0) is 17.1. The van der Waals surface area contributed by atoms with Crippen molar-refractivity contribution >= 4 is 14.2 Å². The van der Waals surface area contributed by atoms with Crippen LogP contribution in [0.2, 0.25) is 18.1 Å². The van der Waals surface area contributed by atoms with Crippen molar-refractivity contribution in [3.05, 3.63) is 12.7 Å². The summed E-state index contributed by atoms with van der Waals surface area (Å²) in [5.41, 5.74) is 0. The van der Waals surface area contributed by atoms with Crippen LogP contribution in [-0.4, -0.2) is 38.3 Å². The summed E-state index contributed by atoms with van der Waals surface area (Å²) in [7, 11) is -1.83. The number of hydrogen-bond donors (Lipinski definition) is 0. The maximum Gasteiger partial charge on any atom is 0.226 e. The predicted molar refractivity (Wildman–Crippen MR) is 96.4 cm³/mol. The van der Waals surface area contributed by atoms with Gasteiger partial charge in [-0.3, -0.25) is 4.79 Å². The number of hydrogen-bond acceptors (Lipinski definition) is 2. The molecule has 1 heterocycles. The van der Waals surface area contributed by atoms with Gasteiger partial charge in [0.2, 0.25) is 5.91 Å². The third-order valence-electron chi connectivity index (χ3n) is 5.49. The smallest absolute Gasteiger partial charge is 0.226 e. The Labute approximate surface area is 138 Å². The lowest BCUT2D eigenvalue weighted by Gasteiger charge is -2.41. The molecule has 1 aliphatic rings. The molecule has 1 aliphatic heterocycles. The van der Waals surface area contributed by atoms with E-state index in [1.165, 1.54) is 0 Å². The van der Waals surface area contributed by atoms with E-state index in [1.807, 2.05) is 17.9 Å². The fourth-order valence-corrected chi connectivity index (χ4v) is 4.35. The van der Waals surface area contributed by atoms with E-state index >= 15 is 0 Å². The van der Waals surface area contributed by atoms with Crippen molar-refractivity contribution in [1.29, 1.82) is 0 Å². The molecule has 0 aromatic rings. The maximum atomic E-state index is 12.6.